The van der Waals surface area contributed by atoms with Gasteiger partial charge in [0.1, 0.15) is 0 Å². The molecule has 1 aromatic rings. The van der Waals surface area contributed by atoms with Crippen molar-refractivity contribution in [2.75, 3.05) is 0 Å². The van der Waals surface area contributed by atoms with Crippen molar-refractivity contribution in [2.24, 2.45) is 0 Å². The van der Waals surface area contributed by atoms with Crippen LogP contribution in [0.25, 0.3) is 5.57 Å². The standard InChI is InChI=1S/C11H12.CH4/c1-3-7-10(2)11-8-5-4-6-9-11;/h3-9H,2H2,1H3;1H4/b7-3+;. The third kappa shape index (κ3) is 2.75. The lowest BCUT2D eigenvalue weighted by Gasteiger charge is -1.97. The quantitative estimate of drug-likeness (QED) is 0.575. The maximum Gasteiger partial charge on any atom is -0.0190 e. The van der Waals surface area contributed by atoms with Gasteiger partial charge in [-0.25, -0.2) is 0 Å². The van der Waals surface area contributed by atoms with Crippen LogP contribution in [0.5, 0.6) is 0 Å². The third-order valence-corrected chi connectivity index (χ3v) is 1.51. The highest BCUT2D eigenvalue weighted by molar-refractivity contribution is 5.71. The van der Waals surface area contributed by atoms with Crippen molar-refractivity contribution in [3.63, 3.8) is 0 Å². The van der Waals surface area contributed by atoms with Gasteiger partial charge in [0, 0.05) is 0 Å². The van der Waals surface area contributed by atoms with Crippen LogP contribution in [0, 0.1) is 0 Å². The summed E-state index contributed by atoms with van der Waals surface area (Å²) in [5, 5.41) is 0. The average Bonchev–Trinajstić information content (AvgIpc) is 2.07. The molecule has 0 heteroatoms. The molecule has 0 radical (unpaired) electrons. The van der Waals surface area contributed by atoms with Crippen molar-refractivity contribution < 1.29 is 0 Å². The minimum atomic E-state index is 0. The molecule has 1 aromatic carbocycles. The molecule has 0 aliphatic carbocycles. The Balaban J connectivity index is 0.00000121. The van der Waals surface area contributed by atoms with Crippen LogP contribution in [-0.4, -0.2) is 0 Å². The molecule has 0 aliphatic rings. The van der Waals surface area contributed by atoms with Crippen LogP contribution in [0.1, 0.15) is 19.9 Å². The first kappa shape index (κ1) is 10.7. The molecule has 0 unspecified atom stereocenters. The Labute approximate surface area is 75.2 Å². The van der Waals surface area contributed by atoms with E-state index in [0.717, 1.165) is 5.57 Å². The molecule has 0 nitrogen and oxygen atoms in total. The first-order chi connectivity index (χ1) is 5.34. The summed E-state index contributed by atoms with van der Waals surface area (Å²) in [5.41, 5.74) is 2.25. The summed E-state index contributed by atoms with van der Waals surface area (Å²) < 4.78 is 0. The van der Waals surface area contributed by atoms with Gasteiger partial charge in [0.2, 0.25) is 0 Å². The Morgan fingerprint density at radius 1 is 1.25 bits per heavy atom. The highest BCUT2D eigenvalue weighted by atomic mass is 13.9. The lowest BCUT2D eigenvalue weighted by atomic mass is 10.1. The van der Waals surface area contributed by atoms with E-state index < -0.39 is 0 Å². The first-order valence-electron chi connectivity index (χ1n) is 3.71. The SMILES string of the molecule is C.C=C(/C=C/C)c1ccccc1. The van der Waals surface area contributed by atoms with Gasteiger partial charge in [-0.15, -0.1) is 0 Å². The van der Waals surface area contributed by atoms with E-state index in [1.807, 2.05) is 37.3 Å². The second kappa shape index (κ2) is 5.36. The Kier molecular flexibility index (Phi) is 4.78. The molecular formula is C12H16. The Morgan fingerprint density at radius 2 is 1.83 bits per heavy atom. The smallest absolute Gasteiger partial charge is 0.0190 e. The first-order valence-corrected chi connectivity index (χ1v) is 3.71. The van der Waals surface area contributed by atoms with Gasteiger partial charge in [0.25, 0.3) is 0 Å². The van der Waals surface area contributed by atoms with Gasteiger partial charge in [-0.2, -0.15) is 0 Å². The second-order valence-electron chi connectivity index (χ2n) is 2.39. The van der Waals surface area contributed by atoms with Crippen molar-refractivity contribution in [1.82, 2.24) is 0 Å². The van der Waals surface area contributed by atoms with Crippen molar-refractivity contribution in [3.8, 4) is 0 Å². The van der Waals surface area contributed by atoms with Crippen molar-refractivity contribution in [3.05, 3.63) is 54.6 Å². The Bertz CT molecular complexity index is 255. The minimum Gasteiger partial charge on any atom is -0.0912 e. The van der Waals surface area contributed by atoms with E-state index in [-0.39, 0.29) is 7.43 Å². The monoisotopic (exact) mass is 160 g/mol. The van der Waals surface area contributed by atoms with E-state index in [1.165, 1.54) is 5.56 Å². The molecule has 0 aliphatic heterocycles. The lowest BCUT2D eigenvalue weighted by Crippen LogP contribution is -1.75. The van der Waals surface area contributed by atoms with Crippen LogP contribution in [0.15, 0.2) is 49.1 Å². The fourth-order valence-corrected chi connectivity index (χ4v) is 0.950. The maximum absolute atomic E-state index is 3.93. The second-order valence-corrected chi connectivity index (χ2v) is 2.39. The van der Waals surface area contributed by atoms with E-state index in [1.54, 1.807) is 0 Å². The predicted molar refractivity (Wildman–Crippen MR) is 57.0 cm³/mol. The zero-order valence-electron chi connectivity index (χ0n) is 6.75. The molecule has 0 N–H and O–H groups in total. The highest BCUT2D eigenvalue weighted by Gasteiger charge is 1.89. The zero-order chi connectivity index (χ0) is 8.10. The fraction of sp³-hybridized carbons (Fsp3) is 0.167. The summed E-state index contributed by atoms with van der Waals surface area (Å²) in [5.74, 6) is 0. The molecule has 0 amide bonds. The van der Waals surface area contributed by atoms with Crippen molar-refractivity contribution >= 4 is 5.57 Å². The van der Waals surface area contributed by atoms with E-state index in [9.17, 15) is 0 Å². The molecule has 0 bridgehead atoms. The molecule has 0 aromatic heterocycles. The van der Waals surface area contributed by atoms with Gasteiger partial charge in [-0.1, -0.05) is 56.5 Å². The number of hydrogen-bond donors (Lipinski definition) is 0. The predicted octanol–water partition coefficient (Wildman–Crippen LogP) is 3.91. The van der Waals surface area contributed by atoms with Crippen molar-refractivity contribution in [1.29, 1.82) is 0 Å². The van der Waals surface area contributed by atoms with Gasteiger partial charge >= 0.3 is 0 Å². The molecule has 0 spiro atoms. The maximum atomic E-state index is 3.93. The topological polar surface area (TPSA) is 0 Å². The van der Waals surface area contributed by atoms with Crippen LogP contribution < -0.4 is 0 Å². The third-order valence-electron chi connectivity index (χ3n) is 1.51. The average molecular weight is 160 g/mol. The molecule has 0 heterocycles. The van der Waals surface area contributed by atoms with E-state index >= 15 is 0 Å². The molecule has 1 rings (SSSR count). The highest BCUT2D eigenvalue weighted by Crippen LogP contribution is 2.11. The van der Waals surface area contributed by atoms with Crippen LogP contribution >= 0.6 is 0 Å². The largest absolute Gasteiger partial charge is 0.0912 e. The van der Waals surface area contributed by atoms with Gasteiger partial charge in [-0.05, 0) is 18.1 Å². The van der Waals surface area contributed by atoms with Crippen molar-refractivity contribution in [2.45, 2.75) is 14.4 Å². The molecule has 12 heavy (non-hydrogen) atoms. The number of hydrogen-bond acceptors (Lipinski definition) is 0. The zero-order valence-corrected chi connectivity index (χ0v) is 6.75. The van der Waals surface area contributed by atoms with E-state index in [0.29, 0.717) is 0 Å². The molecule has 0 saturated heterocycles. The van der Waals surface area contributed by atoms with E-state index in [4.69, 9.17) is 0 Å². The van der Waals surface area contributed by atoms with Gasteiger partial charge in [0.15, 0.2) is 0 Å². The Morgan fingerprint density at radius 3 is 2.33 bits per heavy atom. The van der Waals surface area contributed by atoms with Crippen LogP contribution in [0.3, 0.4) is 0 Å². The molecule has 0 atom stereocenters. The van der Waals surface area contributed by atoms with Gasteiger partial charge < -0.3 is 0 Å². The molecule has 0 fully saturated rings. The summed E-state index contributed by atoms with van der Waals surface area (Å²) >= 11 is 0. The number of rotatable bonds is 2. The summed E-state index contributed by atoms with van der Waals surface area (Å²) in [6.45, 7) is 5.92. The fourth-order valence-electron chi connectivity index (χ4n) is 0.950. The van der Waals surface area contributed by atoms with Crippen LogP contribution in [-0.2, 0) is 0 Å². The van der Waals surface area contributed by atoms with Gasteiger partial charge in [0.05, 0.1) is 0 Å². The summed E-state index contributed by atoms with van der Waals surface area (Å²) in [6, 6.07) is 10.2. The summed E-state index contributed by atoms with van der Waals surface area (Å²) in [7, 11) is 0. The number of benzene rings is 1. The van der Waals surface area contributed by atoms with E-state index in [2.05, 4.69) is 18.7 Å². The summed E-state index contributed by atoms with van der Waals surface area (Å²) in [4.78, 5) is 0. The van der Waals surface area contributed by atoms with Crippen LogP contribution in [0.4, 0.5) is 0 Å². The van der Waals surface area contributed by atoms with Gasteiger partial charge in [-0.3, -0.25) is 0 Å². The molecule has 64 valence electrons. The Hall–Kier alpha value is -1.30. The molecule has 0 saturated carbocycles. The summed E-state index contributed by atoms with van der Waals surface area (Å²) in [6.07, 6.45) is 4.00. The number of allylic oxidation sites excluding steroid dienone is 3. The molecular weight excluding hydrogens is 144 g/mol. The lowest BCUT2D eigenvalue weighted by molar-refractivity contribution is 1.62. The van der Waals surface area contributed by atoms with Crippen LogP contribution in [0.2, 0.25) is 0 Å². The normalized spacial score (nSPS) is 9.42. The minimum absolute atomic E-state index is 0.